The van der Waals surface area contributed by atoms with Gasteiger partial charge in [-0.1, -0.05) is 24.8 Å². The van der Waals surface area contributed by atoms with E-state index in [0.29, 0.717) is 23.2 Å². The van der Waals surface area contributed by atoms with Gasteiger partial charge in [-0.25, -0.2) is 9.97 Å². The van der Waals surface area contributed by atoms with Gasteiger partial charge >= 0.3 is 0 Å². The van der Waals surface area contributed by atoms with E-state index in [9.17, 15) is 4.79 Å². The molecule has 4 rings (SSSR count). The fourth-order valence-corrected chi connectivity index (χ4v) is 4.95. The fraction of sp³-hybridized carbons (Fsp3) is 0.379. The Morgan fingerprint density at radius 1 is 1.29 bits per heavy atom. The average molecular weight is 514 g/mol. The molecule has 3 aromatic rings. The molecule has 0 aliphatic heterocycles. The SMILES string of the molecule is C=C(C#N)CNc1c(OC)ccc2ccc(-c3ncc(N)c(C(=O)NC4(C)CCC(N(C)C)CC4)n3)cc12. The third-order valence-electron chi connectivity index (χ3n) is 7.33. The number of hydrogen-bond donors (Lipinski definition) is 3. The molecule has 0 radical (unpaired) electrons. The van der Waals surface area contributed by atoms with Crippen molar-refractivity contribution in [1.29, 1.82) is 5.26 Å². The smallest absolute Gasteiger partial charge is 0.272 e. The second-order valence-corrected chi connectivity index (χ2v) is 10.4. The van der Waals surface area contributed by atoms with E-state index in [1.807, 2.05) is 36.4 Å². The van der Waals surface area contributed by atoms with Gasteiger partial charge in [-0.15, -0.1) is 0 Å². The van der Waals surface area contributed by atoms with Gasteiger partial charge in [0.15, 0.2) is 11.5 Å². The largest absolute Gasteiger partial charge is 0.495 e. The molecule has 9 nitrogen and oxygen atoms in total. The Hall–Kier alpha value is -4.16. The fourth-order valence-electron chi connectivity index (χ4n) is 4.95. The number of amides is 1. The Bertz CT molecular complexity index is 1400. The highest BCUT2D eigenvalue weighted by atomic mass is 16.5. The number of methoxy groups -OCH3 is 1. The maximum Gasteiger partial charge on any atom is 0.272 e. The lowest BCUT2D eigenvalue weighted by atomic mass is 9.80. The van der Waals surface area contributed by atoms with E-state index in [1.54, 1.807) is 7.11 Å². The Labute approximate surface area is 223 Å². The molecule has 1 amide bonds. The number of nitrogens with zero attached hydrogens (tertiary/aromatic N) is 4. The van der Waals surface area contributed by atoms with Crippen LogP contribution in [0.1, 0.15) is 43.1 Å². The minimum Gasteiger partial charge on any atom is -0.495 e. The van der Waals surface area contributed by atoms with Crippen molar-refractivity contribution in [3.63, 3.8) is 0 Å². The van der Waals surface area contributed by atoms with Gasteiger partial charge in [0, 0.05) is 34.6 Å². The number of benzene rings is 2. The normalized spacial score (nSPS) is 19.1. The third kappa shape index (κ3) is 5.71. The topological polar surface area (TPSA) is 129 Å². The van der Waals surface area contributed by atoms with E-state index < -0.39 is 0 Å². The van der Waals surface area contributed by atoms with Crippen LogP contribution in [0.25, 0.3) is 22.2 Å². The minimum absolute atomic E-state index is 0.167. The molecule has 1 fully saturated rings. The lowest BCUT2D eigenvalue weighted by molar-refractivity contribution is 0.0846. The summed E-state index contributed by atoms with van der Waals surface area (Å²) < 4.78 is 5.55. The number of nitrogen functional groups attached to an aromatic ring is 1. The maximum atomic E-state index is 13.3. The number of carbonyl (C=O) groups excluding carboxylic acids is 1. The van der Waals surface area contributed by atoms with Crippen molar-refractivity contribution < 1.29 is 9.53 Å². The monoisotopic (exact) mass is 513 g/mol. The highest BCUT2D eigenvalue weighted by Gasteiger charge is 2.34. The van der Waals surface area contributed by atoms with Crippen molar-refractivity contribution in [1.82, 2.24) is 20.2 Å². The molecule has 2 aromatic carbocycles. The van der Waals surface area contributed by atoms with Crippen LogP contribution in [0.2, 0.25) is 0 Å². The van der Waals surface area contributed by atoms with Crippen molar-refractivity contribution in [2.75, 3.05) is 38.8 Å². The molecule has 1 aliphatic carbocycles. The van der Waals surface area contributed by atoms with Gasteiger partial charge in [0.05, 0.1) is 30.8 Å². The molecule has 0 atom stereocenters. The number of anilines is 2. The Morgan fingerprint density at radius 2 is 2.00 bits per heavy atom. The molecule has 1 saturated carbocycles. The van der Waals surface area contributed by atoms with E-state index in [0.717, 1.165) is 47.7 Å². The van der Waals surface area contributed by atoms with Crippen LogP contribution in [-0.2, 0) is 0 Å². The summed E-state index contributed by atoms with van der Waals surface area (Å²) in [4.78, 5) is 24.6. The van der Waals surface area contributed by atoms with E-state index >= 15 is 0 Å². The van der Waals surface area contributed by atoms with E-state index in [2.05, 4.69) is 53.1 Å². The van der Waals surface area contributed by atoms with E-state index in [1.165, 1.54) is 6.20 Å². The highest BCUT2D eigenvalue weighted by Crippen LogP contribution is 2.36. The van der Waals surface area contributed by atoms with Crippen LogP contribution in [0.4, 0.5) is 11.4 Å². The number of rotatable bonds is 8. The summed E-state index contributed by atoms with van der Waals surface area (Å²) >= 11 is 0. The van der Waals surface area contributed by atoms with Crippen LogP contribution in [0, 0.1) is 11.3 Å². The highest BCUT2D eigenvalue weighted by molar-refractivity contribution is 6.00. The zero-order valence-corrected chi connectivity index (χ0v) is 22.5. The number of ether oxygens (including phenoxy) is 1. The van der Waals surface area contributed by atoms with Gasteiger partial charge < -0.3 is 26.0 Å². The second-order valence-electron chi connectivity index (χ2n) is 10.4. The van der Waals surface area contributed by atoms with Crippen molar-refractivity contribution in [2.24, 2.45) is 0 Å². The summed E-state index contributed by atoms with van der Waals surface area (Å²) in [5, 5.41) is 17.4. The van der Waals surface area contributed by atoms with Crippen LogP contribution in [0.15, 0.2) is 48.7 Å². The van der Waals surface area contributed by atoms with Crippen LogP contribution < -0.4 is 21.1 Å². The molecule has 198 valence electrons. The van der Waals surface area contributed by atoms with Gasteiger partial charge in [-0.3, -0.25) is 4.79 Å². The minimum atomic E-state index is -0.311. The lowest BCUT2D eigenvalue weighted by Gasteiger charge is -2.40. The van der Waals surface area contributed by atoms with E-state index in [-0.39, 0.29) is 29.4 Å². The number of nitrogens with one attached hydrogen (secondary N) is 2. The molecule has 0 saturated heterocycles. The number of hydrogen-bond acceptors (Lipinski definition) is 8. The zero-order valence-electron chi connectivity index (χ0n) is 22.5. The van der Waals surface area contributed by atoms with Crippen molar-refractivity contribution in [3.05, 3.63) is 54.4 Å². The summed E-state index contributed by atoms with van der Waals surface area (Å²) in [5.41, 5.74) is 8.11. The first kappa shape index (κ1) is 26.9. The molecule has 9 heteroatoms. The summed E-state index contributed by atoms with van der Waals surface area (Å²) in [6.07, 6.45) is 5.30. The second kappa shape index (κ2) is 11.1. The summed E-state index contributed by atoms with van der Waals surface area (Å²) in [7, 11) is 5.79. The van der Waals surface area contributed by atoms with Crippen LogP contribution in [0.5, 0.6) is 5.75 Å². The van der Waals surface area contributed by atoms with Gasteiger partial charge in [-0.05, 0) is 64.2 Å². The van der Waals surface area contributed by atoms with Gasteiger partial charge in [-0.2, -0.15) is 5.26 Å². The summed E-state index contributed by atoms with van der Waals surface area (Å²) in [5.74, 6) is 0.732. The first-order valence-electron chi connectivity index (χ1n) is 12.7. The molecular weight excluding hydrogens is 478 g/mol. The van der Waals surface area contributed by atoms with Gasteiger partial charge in [0.2, 0.25) is 0 Å². The quantitative estimate of drug-likeness (QED) is 0.379. The third-order valence-corrected chi connectivity index (χ3v) is 7.33. The Kier molecular flexibility index (Phi) is 7.83. The van der Waals surface area contributed by atoms with Crippen LogP contribution >= 0.6 is 0 Å². The lowest BCUT2D eigenvalue weighted by Crippen LogP contribution is -2.50. The van der Waals surface area contributed by atoms with Gasteiger partial charge in [0.1, 0.15) is 5.75 Å². The predicted octanol–water partition coefficient (Wildman–Crippen LogP) is 4.37. The number of nitrogens with two attached hydrogens (primary N) is 1. The number of aromatic nitrogens is 2. The molecular formula is C29H35N7O2. The maximum absolute atomic E-state index is 13.3. The molecule has 38 heavy (non-hydrogen) atoms. The Balaban J connectivity index is 1.63. The zero-order chi connectivity index (χ0) is 27.4. The van der Waals surface area contributed by atoms with Crippen LogP contribution in [0.3, 0.4) is 0 Å². The Morgan fingerprint density at radius 3 is 2.66 bits per heavy atom. The first-order valence-corrected chi connectivity index (χ1v) is 12.7. The molecule has 1 aromatic heterocycles. The first-order chi connectivity index (χ1) is 18.1. The summed E-state index contributed by atoms with van der Waals surface area (Å²) in [6.45, 7) is 6.11. The molecule has 0 spiro atoms. The number of nitriles is 1. The molecule has 4 N–H and O–H groups in total. The molecule has 1 heterocycles. The summed E-state index contributed by atoms with van der Waals surface area (Å²) in [6, 6.07) is 12.2. The number of carbonyl (C=O) groups is 1. The predicted molar refractivity (Wildman–Crippen MR) is 151 cm³/mol. The number of fused-ring (bicyclic) bond motifs is 1. The van der Waals surface area contributed by atoms with E-state index in [4.69, 9.17) is 15.7 Å². The van der Waals surface area contributed by atoms with Crippen molar-refractivity contribution in [2.45, 2.75) is 44.2 Å². The average Bonchev–Trinajstić information content (AvgIpc) is 2.91. The van der Waals surface area contributed by atoms with Crippen molar-refractivity contribution >= 4 is 28.1 Å². The molecule has 0 bridgehead atoms. The van der Waals surface area contributed by atoms with Gasteiger partial charge in [0.25, 0.3) is 5.91 Å². The standard InChI is InChI=1S/C29H35N7O2/c1-18(15-30)16-32-25-22-14-20(7-6-19(22)8-9-24(25)38-5)27-33-17-23(31)26(34-27)28(37)35-29(2)12-10-21(11-13-29)36(3)4/h6-9,14,17,21,32H,1,10-13,16,31H2,2-5H3,(H,35,37). The molecule has 1 aliphatic rings. The van der Waals surface area contributed by atoms with Crippen molar-refractivity contribution in [3.8, 4) is 23.2 Å². The van der Waals surface area contributed by atoms with Crippen LogP contribution in [-0.4, -0.2) is 60.1 Å². The molecule has 0 unspecified atom stereocenters.